The summed E-state index contributed by atoms with van der Waals surface area (Å²) >= 11 is 0. The number of hydrogen-bond donors (Lipinski definition) is 1. The van der Waals surface area contributed by atoms with Crippen LogP contribution in [0, 0.1) is 13.8 Å². The van der Waals surface area contributed by atoms with Gasteiger partial charge in [-0.2, -0.15) is 0 Å². The highest BCUT2D eigenvalue weighted by Gasteiger charge is 2.19. The number of aromatic nitrogens is 2. The zero-order chi connectivity index (χ0) is 15.9. The van der Waals surface area contributed by atoms with E-state index in [2.05, 4.69) is 0 Å². The fourth-order valence-electron chi connectivity index (χ4n) is 2.86. The number of methoxy groups -OCH3 is 1. The molecule has 0 amide bonds. The maximum Gasteiger partial charge on any atom is 0.140 e. The van der Waals surface area contributed by atoms with Crippen LogP contribution >= 0.6 is 0 Å². The monoisotopic (exact) mass is 296 g/mol. The molecule has 0 radical (unpaired) electrons. The van der Waals surface area contributed by atoms with Crippen LogP contribution in [-0.2, 0) is 0 Å². The average molecular weight is 296 g/mol. The molecule has 0 bridgehead atoms. The highest BCUT2D eigenvalue weighted by molar-refractivity contribution is 5.69. The Morgan fingerprint density at radius 2 is 1.95 bits per heavy atom. The van der Waals surface area contributed by atoms with E-state index >= 15 is 0 Å². The van der Waals surface area contributed by atoms with Crippen LogP contribution in [0.25, 0.3) is 16.9 Å². The van der Waals surface area contributed by atoms with E-state index in [1.165, 1.54) is 0 Å². The quantitative estimate of drug-likeness (QED) is 0.802. The second-order valence-electron chi connectivity index (χ2n) is 5.59. The molecule has 0 aliphatic rings. The SMILES string of the molecule is COc1ccc(-c2nc3c(C)cccn3c2C(C)O)cc1C. The van der Waals surface area contributed by atoms with Crippen molar-refractivity contribution in [3.63, 3.8) is 0 Å². The second kappa shape index (κ2) is 5.46. The van der Waals surface area contributed by atoms with Crippen molar-refractivity contribution < 1.29 is 9.84 Å². The Bertz CT molecular complexity index is 834. The lowest BCUT2D eigenvalue weighted by Gasteiger charge is -2.10. The molecular formula is C18H20N2O2. The van der Waals surface area contributed by atoms with Crippen molar-refractivity contribution in [1.29, 1.82) is 0 Å². The molecule has 1 N–H and O–H groups in total. The third-order valence-electron chi connectivity index (χ3n) is 3.95. The summed E-state index contributed by atoms with van der Waals surface area (Å²) in [6.45, 7) is 5.80. The minimum atomic E-state index is -0.603. The lowest BCUT2D eigenvalue weighted by Crippen LogP contribution is -2.00. The topological polar surface area (TPSA) is 46.8 Å². The number of fused-ring (bicyclic) bond motifs is 1. The molecule has 4 nitrogen and oxygen atoms in total. The predicted octanol–water partition coefficient (Wildman–Crippen LogP) is 3.68. The Kier molecular flexibility index (Phi) is 3.62. The summed E-state index contributed by atoms with van der Waals surface area (Å²) < 4.78 is 7.28. The predicted molar refractivity (Wildman–Crippen MR) is 87.3 cm³/mol. The number of imidazole rings is 1. The normalized spacial score (nSPS) is 12.6. The molecule has 1 unspecified atom stereocenters. The van der Waals surface area contributed by atoms with Crippen LogP contribution in [0.3, 0.4) is 0 Å². The number of hydrogen-bond acceptors (Lipinski definition) is 3. The van der Waals surface area contributed by atoms with Crippen molar-refractivity contribution >= 4 is 5.65 Å². The second-order valence-corrected chi connectivity index (χ2v) is 5.59. The van der Waals surface area contributed by atoms with Gasteiger partial charge in [-0.1, -0.05) is 6.07 Å². The van der Waals surface area contributed by atoms with E-state index in [1.807, 2.05) is 54.8 Å². The largest absolute Gasteiger partial charge is 0.496 e. The minimum absolute atomic E-state index is 0.603. The Hall–Kier alpha value is -2.33. The summed E-state index contributed by atoms with van der Waals surface area (Å²) in [5.41, 5.74) is 5.61. The number of benzene rings is 1. The van der Waals surface area contributed by atoms with Gasteiger partial charge in [0.1, 0.15) is 11.4 Å². The standard InChI is InChI=1S/C18H20N2O2/c1-11-6-5-9-20-17(13(3)21)16(19-18(11)20)14-7-8-15(22-4)12(2)10-14/h5-10,13,21H,1-4H3. The van der Waals surface area contributed by atoms with E-state index in [-0.39, 0.29) is 0 Å². The first-order valence-corrected chi connectivity index (χ1v) is 7.33. The van der Waals surface area contributed by atoms with Crippen molar-refractivity contribution in [2.75, 3.05) is 7.11 Å². The third-order valence-corrected chi connectivity index (χ3v) is 3.95. The molecule has 2 heterocycles. The van der Waals surface area contributed by atoms with Crippen LogP contribution in [0.15, 0.2) is 36.5 Å². The fourth-order valence-corrected chi connectivity index (χ4v) is 2.86. The molecule has 3 rings (SSSR count). The molecule has 0 aliphatic heterocycles. The average Bonchev–Trinajstić information content (AvgIpc) is 2.88. The number of aliphatic hydroxyl groups excluding tert-OH is 1. The van der Waals surface area contributed by atoms with Crippen LogP contribution in [0.1, 0.15) is 29.8 Å². The number of aliphatic hydroxyl groups is 1. The van der Waals surface area contributed by atoms with Gasteiger partial charge in [-0.25, -0.2) is 4.98 Å². The van der Waals surface area contributed by atoms with Gasteiger partial charge in [0, 0.05) is 11.8 Å². The van der Waals surface area contributed by atoms with Crippen LogP contribution in [0.2, 0.25) is 0 Å². The van der Waals surface area contributed by atoms with Gasteiger partial charge in [0.05, 0.1) is 24.6 Å². The van der Waals surface area contributed by atoms with Gasteiger partial charge in [0.15, 0.2) is 0 Å². The maximum absolute atomic E-state index is 10.2. The molecule has 114 valence electrons. The van der Waals surface area contributed by atoms with Crippen molar-refractivity contribution in [3.8, 4) is 17.0 Å². The Labute approximate surface area is 130 Å². The third kappa shape index (κ3) is 2.25. The van der Waals surface area contributed by atoms with Crippen LogP contribution < -0.4 is 4.74 Å². The van der Waals surface area contributed by atoms with E-state index in [0.29, 0.717) is 0 Å². The minimum Gasteiger partial charge on any atom is -0.496 e. The zero-order valence-corrected chi connectivity index (χ0v) is 13.3. The molecule has 0 aliphatic carbocycles. The highest BCUT2D eigenvalue weighted by Crippen LogP contribution is 2.32. The van der Waals surface area contributed by atoms with Gasteiger partial charge in [-0.15, -0.1) is 0 Å². The van der Waals surface area contributed by atoms with Crippen molar-refractivity contribution in [1.82, 2.24) is 9.38 Å². The van der Waals surface area contributed by atoms with E-state index in [4.69, 9.17) is 9.72 Å². The van der Waals surface area contributed by atoms with Crippen LogP contribution in [0.4, 0.5) is 0 Å². The molecule has 0 saturated heterocycles. The summed E-state index contributed by atoms with van der Waals surface area (Å²) in [6.07, 6.45) is 1.34. The number of rotatable bonds is 3. The molecule has 22 heavy (non-hydrogen) atoms. The number of nitrogens with zero attached hydrogens (tertiary/aromatic N) is 2. The number of aryl methyl sites for hydroxylation is 2. The molecule has 4 heteroatoms. The smallest absolute Gasteiger partial charge is 0.140 e. The van der Waals surface area contributed by atoms with Gasteiger partial charge >= 0.3 is 0 Å². The summed E-state index contributed by atoms with van der Waals surface area (Å²) in [7, 11) is 1.66. The van der Waals surface area contributed by atoms with Gasteiger partial charge in [-0.3, -0.25) is 0 Å². The molecular weight excluding hydrogens is 276 g/mol. The van der Waals surface area contributed by atoms with E-state index in [9.17, 15) is 5.11 Å². The molecule has 2 aromatic heterocycles. The summed E-state index contributed by atoms with van der Waals surface area (Å²) in [5.74, 6) is 0.849. The van der Waals surface area contributed by atoms with E-state index in [1.54, 1.807) is 14.0 Å². The fraction of sp³-hybridized carbons (Fsp3) is 0.278. The Morgan fingerprint density at radius 3 is 2.59 bits per heavy atom. The first-order chi connectivity index (χ1) is 10.5. The van der Waals surface area contributed by atoms with E-state index < -0.39 is 6.10 Å². The van der Waals surface area contributed by atoms with Crippen molar-refractivity contribution in [3.05, 3.63) is 53.3 Å². The first-order valence-electron chi connectivity index (χ1n) is 7.33. The first kappa shape index (κ1) is 14.6. The maximum atomic E-state index is 10.2. The lowest BCUT2D eigenvalue weighted by atomic mass is 10.0. The van der Waals surface area contributed by atoms with Crippen LogP contribution in [-0.4, -0.2) is 21.6 Å². The Morgan fingerprint density at radius 1 is 1.18 bits per heavy atom. The lowest BCUT2D eigenvalue weighted by molar-refractivity contribution is 0.194. The summed E-state index contributed by atoms with van der Waals surface area (Å²) in [4.78, 5) is 4.76. The zero-order valence-electron chi connectivity index (χ0n) is 13.3. The van der Waals surface area contributed by atoms with Gasteiger partial charge < -0.3 is 14.2 Å². The van der Waals surface area contributed by atoms with Crippen molar-refractivity contribution in [2.24, 2.45) is 0 Å². The van der Waals surface area contributed by atoms with Gasteiger partial charge in [-0.05, 0) is 56.2 Å². The molecule has 1 aromatic carbocycles. The highest BCUT2D eigenvalue weighted by atomic mass is 16.5. The van der Waals surface area contributed by atoms with Crippen LogP contribution in [0.5, 0.6) is 5.75 Å². The van der Waals surface area contributed by atoms with E-state index in [0.717, 1.165) is 39.5 Å². The summed E-state index contributed by atoms with van der Waals surface area (Å²) in [5, 5.41) is 10.2. The molecule has 0 spiro atoms. The number of pyridine rings is 1. The van der Waals surface area contributed by atoms with Gasteiger partial charge in [0.2, 0.25) is 0 Å². The number of ether oxygens (including phenoxy) is 1. The molecule has 3 aromatic rings. The van der Waals surface area contributed by atoms with Gasteiger partial charge in [0.25, 0.3) is 0 Å². The molecule has 1 atom stereocenters. The molecule has 0 saturated carbocycles. The molecule has 0 fully saturated rings. The Balaban J connectivity index is 2.28. The van der Waals surface area contributed by atoms with Crippen molar-refractivity contribution in [2.45, 2.75) is 26.9 Å². The summed E-state index contributed by atoms with van der Waals surface area (Å²) in [6, 6.07) is 9.96.